The van der Waals surface area contributed by atoms with Gasteiger partial charge in [-0.2, -0.15) is 0 Å². The van der Waals surface area contributed by atoms with Gasteiger partial charge in [0.05, 0.1) is 5.56 Å². The second kappa shape index (κ2) is 8.95. The number of amides is 2. The van der Waals surface area contributed by atoms with Crippen LogP contribution in [0.15, 0.2) is 48.7 Å². The van der Waals surface area contributed by atoms with Crippen LogP contribution in [0.2, 0.25) is 0 Å². The number of hydrogen-bond donors (Lipinski definition) is 1. The van der Waals surface area contributed by atoms with Crippen molar-refractivity contribution in [2.75, 3.05) is 18.4 Å². The first-order valence-corrected chi connectivity index (χ1v) is 10.1. The molecular formula is C24H27N3O3. The maximum atomic E-state index is 12.9. The predicted molar refractivity (Wildman–Crippen MR) is 119 cm³/mol. The molecule has 2 amide bonds. The lowest BCUT2D eigenvalue weighted by molar-refractivity contribution is -0.126. The van der Waals surface area contributed by atoms with Crippen LogP contribution in [0.5, 0.6) is 0 Å². The number of benzene rings is 2. The molecule has 0 radical (unpaired) electrons. The SMILES string of the molecule is CCN(CC)C(=O)C(=O)c1cn(CC(=O)Nc2cc(C)cc(C)c2)c2ccccc12. The first kappa shape index (κ1) is 21.3. The molecule has 0 saturated carbocycles. The minimum atomic E-state index is -0.552. The minimum Gasteiger partial charge on any atom is -0.337 e. The number of anilines is 1. The Hall–Kier alpha value is -3.41. The third-order valence-electron chi connectivity index (χ3n) is 5.10. The second-order valence-electron chi connectivity index (χ2n) is 7.42. The Morgan fingerprint density at radius 2 is 1.60 bits per heavy atom. The Labute approximate surface area is 176 Å². The van der Waals surface area contributed by atoms with Gasteiger partial charge >= 0.3 is 0 Å². The van der Waals surface area contributed by atoms with Gasteiger partial charge in [0.1, 0.15) is 6.54 Å². The highest BCUT2D eigenvalue weighted by Gasteiger charge is 2.25. The summed E-state index contributed by atoms with van der Waals surface area (Å²) >= 11 is 0. The van der Waals surface area contributed by atoms with Crippen molar-refractivity contribution in [1.82, 2.24) is 9.47 Å². The number of aromatic nitrogens is 1. The number of Topliss-reactive ketones (excluding diaryl/α,β-unsaturated/α-hetero) is 1. The number of nitrogens with zero attached hydrogens (tertiary/aromatic N) is 2. The molecule has 2 aromatic carbocycles. The van der Waals surface area contributed by atoms with Crippen LogP contribution in [0.25, 0.3) is 10.9 Å². The molecular weight excluding hydrogens is 378 g/mol. The third kappa shape index (κ3) is 4.43. The molecule has 156 valence electrons. The average Bonchev–Trinajstić information content (AvgIpc) is 3.06. The van der Waals surface area contributed by atoms with Crippen molar-refractivity contribution in [2.24, 2.45) is 0 Å². The summed E-state index contributed by atoms with van der Waals surface area (Å²) in [5.74, 6) is -1.28. The summed E-state index contributed by atoms with van der Waals surface area (Å²) in [4.78, 5) is 39.6. The van der Waals surface area contributed by atoms with E-state index in [0.29, 0.717) is 24.0 Å². The Kier molecular flexibility index (Phi) is 6.35. The van der Waals surface area contributed by atoms with Crippen LogP contribution in [-0.2, 0) is 16.1 Å². The van der Waals surface area contributed by atoms with Crippen LogP contribution in [0.3, 0.4) is 0 Å². The summed E-state index contributed by atoms with van der Waals surface area (Å²) in [6.45, 7) is 8.63. The summed E-state index contributed by atoms with van der Waals surface area (Å²) in [6.07, 6.45) is 1.61. The van der Waals surface area contributed by atoms with E-state index in [0.717, 1.165) is 22.3 Å². The molecule has 0 spiro atoms. The van der Waals surface area contributed by atoms with Crippen molar-refractivity contribution < 1.29 is 14.4 Å². The van der Waals surface area contributed by atoms with Crippen LogP contribution in [0, 0.1) is 13.8 Å². The molecule has 30 heavy (non-hydrogen) atoms. The number of rotatable bonds is 7. The number of carbonyl (C=O) groups excluding carboxylic acids is 3. The lowest BCUT2D eigenvalue weighted by Crippen LogP contribution is -2.36. The molecule has 0 aliphatic carbocycles. The van der Waals surface area contributed by atoms with E-state index in [9.17, 15) is 14.4 Å². The van der Waals surface area contributed by atoms with Crippen LogP contribution in [0.1, 0.15) is 35.3 Å². The summed E-state index contributed by atoms with van der Waals surface area (Å²) in [5.41, 5.74) is 3.94. The molecule has 0 bridgehead atoms. The molecule has 0 aliphatic heterocycles. The molecule has 0 fully saturated rings. The number of fused-ring (bicyclic) bond motifs is 1. The topological polar surface area (TPSA) is 71.4 Å². The van der Waals surface area contributed by atoms with Gasteiger partial charge in [0.15, 0.2) is 0 Å². The van der Waals surface area contributed by atoms with Gasteiger partial charge in [-0.05, 0) is 57.0 Å². The van der Waals surface area contributed by atoms with Gasteiger partial charge < -0.3 is 14.8 Å². The van der Waals surface area contributed by atoms with E-state index < -0.39 is 11.7 Å². The fourth-order valence-corrected chi connectivity index (χ4v) is 3.73. The van der Waals surface area contributed by atoms with Crippen LogP contribution in [0.4, 0.5) is 5.69 Å². The largest absolute Gasteiger partial charge is 0.337 e. The Morgan fingerprint density at radius 1 is 0.967 bits per heavy atom. The maximum absolute atomic E-state index is 12.9. The average molecular weight is 405 g/mol. The Bertz CT molecular complexity index is 1090. The number of hydrogen-bond acceptors (Lipinski definition) is 3. The quantitative estimate of drug-likeness (QED) is 0.478. The number of ketones is 1. The van der Waals surface area contributed by atoms with Crippen LogP contribution in [-0.4, -0.2) is 40.2 Å². The van der Waals surface area contributed by atoms with E-state index in [1.54, 1.807) is 16.8 Å². The van der Waals surface area contributed by atoms with E-state index >= 15 is 0 Å². The Balaban J connectivity index is 1.89. The Morgan fingerprint density at radius 3 is 2.23 bits per heavy atom. The molecule has 1 N–H and O–H groups in total. The van der Waals surface area contributed by atoms with Crippen molar-refractivity contribution in [3.8, 4) is 0 Å². The zero-order chi connectivity index (χ0) is 21.8. The monoisotopic (exact) mass is 405 g/mol. The van der Waals surface area contributed by atoms with Crippen molar-refractivity contribution in [3.05, 3.63) is 65.4 Å². The molecule has 3 rings (SSSR count). The zero-order valence-electron chi connectivity index (χ0n) is 17.9. The van der Waals surface area contributed by atoms with Gasteiger partial charge in [-0.1, -0.05) is 24.3 Å². The molecule has 3 aromatic rings. The molecule has 0 atom stereocenters. The van der Waals surface area contributed by atoms with E-state index in [1.807, 2.05) is 64.1 Å². The first-order chi connectivity index (χ1) is 14.3. The smallest absolute Gasteiger partial charge is 0.295 e. The standard InChI is InChI=1S/C24H27N3O3/c1-5-26(6-2)24(30)23(29)20-14-27(21-10-8-7-9-19(20)21)15-22(28)25-18-12-16(3)11-17(4)13-18/h7-14H,5-6,15H2,1-4H3,(H,25,28). The summed E-state index contributed by atoms with van der Waals surface area (Å²) in [7, 11) is 0. The van der Waals surface area contributed by atoms with Crippen LogP contribution >= 0.6 is 0 Å². The second-order valence-corrected chi connectivity index (χ2v) is 7.42. The van der Waals surface area contributed by atoms with Crippen molar-refractivity contribution in [1.29, 1.82) is 0 Å². The molecule has 6 nitrogen and oxygen atoms in total. The van der Waals surface area contributed by atoms with Gasteiger partial charge in [0.25, 0.3) is 11.7 Å². The summed E-state index contributed by atoms with van der Waals surface area (Å²) in [6, 6.07) is 13.2. The predicted octanol–water partition coefficient (Wildman–Crippen LogP) is 3.95. The van der Waals surface area contributed by atoms with E-state index in [-0.39, 0.29) is 12.5 Å². The highest BCUT2D eigenvalue weighted by molar-refractivity contribution is 6.44. The van der Waals surface area contributed by atoms with Gasteiger partial charge in [0, 0.05) is 35.9 Å². The van der Waals surface area contributed by atoms with Crippen molar-refractivity contribution in [2.45, 2.75) is 34.2 Å². The lowest BCUT2D eigenvalue weighted by atomic mass is 10.1. The maximum Gasteiger partial charge on any atom is 0.295 e. The molecule has 1 heterocycles. The summed E-state index contributed by atoms with van der Waals surface area (Å²) < 4.78 is 1.72. The van der Waals surface area contributed by atoms with Gasteiger partial charge in [0.2, 0.25) is 5.91 Å². The highest BCUT2D eigenvalue weighted by Crippen LogP contribution is 2.23. The molecule has 0 aliphatic rings. The minimum absolute atomic E-state index is 0.0419. The first-order valence-electron chi connectivity index (χ1n) is 10.1. The third-order valence-corrected chi connectivity index (χ3v) is 5.10. The lowest BCUT2D eigenvalue weighted by Gasteiger charge is -2.17. The van der Waals surface area contributed by atoms with E-state index in [4.69, 9.17) is 0 Å². The normalized spacial score (nSPS) is 10.8. The number of carbonyl (C=O) groups is 3. The fraction of sp³-hybridized carbons (Fsp3) is 0.292. The highest BCUT2D eigenvalue weighted by atomic mass is 16.2. The summed E-state index contributed by atoms with van der Waals surface area (Å²) in [5, 5.41) is 3.58. The fourth-order valence-electron chi connectivity index (χ4n) is 3.73. The van der Waals surface area contributed by atoms with Gasteiger partial charge in [-0.3, -0.25) is 14.4 Å². The number of nitrogens with one attached hydrogen (secondary N) is 1. The van der Waals surface area contributed by atoms with E-state index in [1.165, 1.54) is 4.90 Å². The van der Waals surface area contributed by atoms with E-state index in [2.05, 4.69) is 5.32 Å². The number of likely N-dealkylation sites (N-methyl/N-ethyl adjacent to an activating group) is 1. The number of para-hydroxylation sites is 1. The molecule has 0 unspecified atom stereocenters. The molecule has 1 aromatic heterocycles. The van der Waals surface area contributed by atoms with Crippen molar-refractivity contribution >= 4 is 34.2 Å². The number of aryl methyl sites for hydroxylation is 2. The zero-order valence-corrected chi connectivity index (χ0v) is 17.9. The molecule has 6 heteroatoms. The van der Waals surface area contributed by atoms with Gasteiger partial charge in [-0.25, -0.2) is 0 Å². The van der Waals surface area contributed by atoms with Crippen LogP contribution < -0.4 is 5.32 Å². The molecule has 0 saturated heterocycles. The van der Waals surface area contributed by atoms with Crippen molar-refractivity contribution in [3.63, 3.8) is 0 Å². The van der Waals surface area contributed by atoms with Gasteiger partial charge in [-0.15, -0.1) is 0 Å².